The van der Waals surface area contributed by atoms with Crippen LogP contribution in [0.5, 0.6) is 23.0 Å². The van der Waals surface area contributed by atoms with Gasteiger partial charge in [-0.25, -0.2) is 0 Å². The quantitative estimate of drug-likeness (QED) is 0.0495. The summed E-state index contributed by atoms with van der Waals surface area (Å²) in [5.41, 5.74) is 0.506. The van der Waals surface area contributed by atoms with Gasteiger partial charge < -0.3 is 64.9 Å². The highest BCUT2D eigenvalue weighted by molar-refractivity contribution is 6.05. The monoisotopic (exact) mass is 724 g/mol. The molecule has 4 aromatic carbocycles. The molecule has 1 heterocycles. The molecule has 16 nitrogen and oxygen atoms in total. The molecule has 0 unspecified atom stereocenters. The molecule has 1 saturated heterocycles. The van der Waals surface area contributed by atoms with E-state index in [0.29, 0.717) is 21.5 Å². The predicted molar refractivity (Wildman–Crippen MR) is 186 cm³/mol. The van der Waals surface area contributed by atoms with E-state index in [4.69, 9.17) is 18.9 Å². The highest BCUT2D eigenvalue weighted by Gasteiger charge is 2.48. The summed E-state index contributed by atoms with van der Waals surface area (Å²) in [5, 5.41) is 95.9. The number of benzene rings is 4. The summed E-state index contributed by atoms with van der Waals surface area (Å²) < 4.78 is 22.3. The molecular weight excluding hydrogens is 684 g/mol. The molecule has 0 aliphatic carbocycles. The van der Waals surface area contributed by atoms with E-state index in [1.165, 1.54) is 12.4 Å². The summed E-state index contributed by atoms with van der Waals surface area (Å²) in [5.74, 6) is -1.67. The molecular formula is C36H40N2O14. The smallest absolute Gasteiger partial charge is 0.303 e. The number of hydrogen-bond acceptors (Lipinski definition) is 16. The molecule has 16 heteroatoms. The van der Waals surface area contributed by atoms with E-state index < -0.39 is 74.9 Å². The highest BCUT2D eigenvalue weighted by Crippen LogP contribution is 2.35. The molecule has 5 rings (SSSR count). The minimum Gasteiger partial charge on any atom is -0.507 e. The molecule has 0 amide bonds. The summed E-state index contributed by atoms with van der Waals surface area (Å²) in [7, 11) is 0. The molecule has 0 radical (unpaired) electrons. The van der Waals surface area contributed by atoms with E-state index in [2.05, 4.69) is 9.98 Å². The number of nitrogens with zero attached hydrogens (tertiary/aromatic N) is 2. The highest BCUT2D eigenvalue weighted by atomic mass is 16.7. The molecule has 0 spiro atoms. The first-order valence-electron chi connectivity index (χ1n) is 16.2. The lowest BCUT2D eigenvalue weighted by Gasteiger charge is -2.42. The first-order chi connectivity index (χ1) is 24.9. The first-order valence-corrected chi connectivity index (χ1v) is 16.2. The van der Waals surface area contributed by atoms with E-state index >= 15 is 0 Å². The number of carbonyl (C=O) groups is 1. The van der Waals surface area contributed by atoms with Crippen LogP contribution in [0, 0.1) is 0 Å². The maximum absolute atomic E-state index is 11.7. The fourth-order valence-electron chi connectivity index (χ4n) is 5.89. The maximum atomic E-state index is 11.7. The number of aromatic hydroxyl groups is 4. The Morgan fingerprint density at radius 2 is 1.31 bits per heavy atom. The molecule has 8 atom stereocenters. The number of phenolic OH excluding ortho intramolecular Hbond substituents is 4. The van der Waals surface area contributed by atoms with Crippen LogP contribution in [0.2, 0.25) is 0 Å². The molecule has 1 aliphatic rings. The molecule has 1 aliphatic heterocycles. The number of hydrogen-bond donors (Lipinski definition) is 9. The van der Waals surface area contributed by atoms with E-state index in [1.54, 1.807) is 48.5 Å². The van der Waals surface area contributed by atoms with Crippen molar-refractivity contribution in [3.8, 4) is 23.0 Å². The molecule has 0 bridgehead atoms. The summed E-state index contributed by atoms with van der Waals surface area (Å²) in [4.78, 5) is 20.2. The Bertz CT molecular complexity index is 1920. The molecule has 52 heavy (non-hydrogen) atoms. The second-order valence-electron chi connectivity index (χ2n) is 12.0. The fourth-order valence-corrected chi connectivity index (χ4v) is 5.89. The lowest BCUT2D eigenvalue weighted by Crippen LogP contribution is -2.61. The van der Waals surface area contributed by atoms with Crippen LogP contribution in [-0.2, 0) is 23.7 Å². The van der Waals surface area contributed by atoms with Crippen molar-refractivity contribution in [2.45, 2.75) is 56.1 Å². The minimum absolute atomic E-state index is 0.132. The fraction of sp³-hybridized carbons (Fsp3) is 0.361. The summed E-state index contributed by atoms with van der Waals surface area (Å²) in [6, 6.07) is 15.8. The van der Waals surface area contributed by atoms with Crippen molar-refractivity contribution in [2.75, 3.05) is 26.3 Å². The van der Waals surface area contributed by atoms with Crippen molar-refractivity contribution in [2.24, 2.45) is 9.98 Å². The Kier molecular flexibility index (Phi) is 12.6. The van der Waals surface area contributed by atoms with Gasteiger partial charge in [0.25, 0.3) is 0 Å². The van der Waals surface area contributed by atoms with Crippen LogP contribution < -0.4 is 0 Å². The molecule has 4 aromatic rings. The van der Waals surface area contributed by atoms with Crippen LogP contribution in [0.4, 0.5) is 0 Å². The zero-order valence-corrected chi connectivity index (χ0v) is 27.8. The van der Waals surface area contributed by atoms with Crippen LogP contribution in [0.15, 0.2) is 70.6 Å². The van der Waals surface area contributed by atoms with Crippen LogP contribution in [-0.4, -0.2) is 140 Å². The number of phenols is 4. The average molecular weight is 725 g/mol. The average Bonchev–Trinajstić information content (AvgIpc) is 3.12. The Morgan fingerprint density at radius 3 is 1.81 bits per heavy atom. The Labute approximate surface area is 296 Å². The Morgan fingerprint density at radius 1 is 0.788 bits per heavy atom. The summed E-state index contributed by atoms with van der Waals surface area (Å²) >= 11 is 0. The predicted octanol–water partition coefficient (Wildman–Crippen LogP) is 0.805. The number of carbonyl (C=O) groups excluding carboxylic acids is 1. The van der Waals surface area contributed by atoms with Gasteiger partial charge in [0.1, 0.15) is 53.5 Å². The van der Waals surface area contributed by atoms with E-state index in [9.17, 15) is 50.8 Å². The number of fused-ring (bicyclic) bond motifs is 2. The molecule has 0 aromatic heterocycles. The topological polar surface area (TPSA) is 261 Å². The van der Waals surface area contributed by atoms with Gasteiger partial charge in [-0.2, -0.15) is 0 Å². The number of aliphatic hydroxyl groups is 5. The lowest BCUT2D eigenvalue weighted by atomic mass is 9.99. The second-order valence-corrected chi connectivity index (χ2v) is 12.0. The second kappa shape index (κ2) is 17.1. The van der Waals surface area contributed by atoms with Crippen molar-refractivity contribution in [3.05, 3.63) is 71.8 Å². The van der Waals surface area contributed by atoms with Crippen LogP contribution >= 0.6 is 0 Å². The number of aliphatic hydroxyl groups excluding tert-OH is 5. The standard InChI is InChI=1S/C36H40N2O14/c1-18(41)49-35-33(47)31(17-40)52-36(34(35)48)51-29(14-37-12-23-19-6-2-4-8-21(19)25(42)10-27(23)44)30(16-39)50-32(46)15-38-13-24-20-7-3-5-9-22(20)26(43)11-28(24)45/h2-13,29-36,39-40,42-48H,14-17H2,1H3/t29-,30+,31-,32-,33-,34+,35+,36-/m0/s1. The Balaban J connectivity index is 1.39. The van der Waals surface area contributed by atoms with Gasteiger partial charge >= 0.3 is 5.97 Å². The van der Waals surface area contributed by atoms with Gasteiger partial charge in [-0.1, -0.05) is 48.5 Å². The van der Waals surface area contributed by atoms with Crippen molar-refractivity contribution in [3.63, 3.8) is 0 Å². The Hall–Kier alpha value is -4.91. The van der Waals surface area contributed by atoms with E-state index in [0.717, 1.165) is 19.1 Å². The largest absolute Gasteiger partial charge is 0.507 e. The number of esters is 1. The maximum Gasteiger partial charge on any atom is 0.303 e. The third-order valence-electron chi connectivity index (χ3n) is 8.43. The minimum atomic E-state index is -1.79. The molecule has 9 N–H and O–H groups in total. The molecule has 278 valence electrons. The number of ether oxygens (including phenoxy) is 4. The van der Waals surface area contributed by atoms with Gasteiger partial charge in [0.2, 0.25) is 0 Å². The number of rotatable bonds is 14. The van der Waals surface area contributed by atoms with Crippen molar-refractivity contribution < 1.29 is 69.7 Å². The van der Waals surface area contributed by atoms with Gasteiger partial charge in [0.05, 0.1) is 26.3 Å². The van der Waals surface area contributed by atoms with Crippen molar-refractivity contribution >= 4 is 39.9 Å². The van der Waals surface area contributed by atoms with E-state index in [1.807, 2.05) is 0 Å². The number of aliphatic imine (C=N–C) groups is 2. The van der Waals surface area contributed by atoms with Gasteiger partial charge in [-0.05, 0) is 10.8 Å². The van der Waals surface area contributed by atoms with Gasteiger partial charge in [-0.3, -0.25) is 14.8 Å². The zero-order chi connectivity index (χ0) is 37.5. The van der Waals surface area contributed by atoms with Crippen molar-refractivity contribution in [1.29, 1.82) is 0 Å². The summed E-state index contributed by atoms with van der Waals surface area (Å²) in [6.07, 6.45) is -9.85. The zero-order valence-electron chi connectivity index (χ0n) is 27.8. The SMILES string of the molecule is CC(=O)O[C@@H]1[C@@H](O)[C@H](CO)O[C@H](O[C@@H](CN=Cc2c(O)cc(O)c3ccccc23)[C@@H](CO)O[C@H](O)CN=Cc2c(O)cc(O)c3ccccc23)[C@@H]1O. The third kappa shape index (κ3) is 8.58. The van der Waals surface area contributed by atoms with Crippen LogP contribution in [0.1, 0.15) is 18.1 Å². The molecule has 0 saturated carbocycles. The van der Waals surface area contributed by atoms with Crippen LogP contribution in [0.3, 0.4) is 0 Å². The normalized spacial score (nSPS) is 22.6. The van der Waals surface area contributed by atoms with Crippen molar-refractivity contribution in [1.82, 2.24) is 0 Å². The van der Waals surface area contributed by atoms with Gasteiger partial charge in [-0.15, -0.1) is 0 Å². The summed E-state index contributed by atoms with van der Waals surface area (Å²) in [6.45, 7) is -1.22. The van der Waals surface area contributed by atoms with Crippen LogP contribution in [0.25, 0.3) is 21.5 Å². The third-order valence-corrected chi connectivity index (χ3v) is 8.43. The first kappa shape index (κ1) is 38.3. The van der Waals surface area contributed by atoms with Gasteiger partial charge in [0, 0.05) is 53.4 Å². The van der Waals surface area contributed by atoms with Gasteiger partial charge in [0.15, 0.2) is 18.7 Å². The lowest BCUT2D eigenvalue weighted by molar-refractivity contribution is -0.322. The van der Waals surface area contributed by atoms with E-state index in [-0.39, 0.29) is 40.7 Å². The molecule has 1 fully saturated rings.